The molecule has 0 amide bonds. The number of fused-ring (bicyclic) bond motifs is 1. The first-order valence-corrected chi connectivity index (χ1v) is 7.55. The third-order valence-electron chi connectivity index (χ3n) is 4.07. The molecule has 1 saturated heterocycles. The molecular formula is C16H21N3O2. The molecule has 3 heterocycles. The SMILES string of the molecule is COC(=O)c1cccn2cc(CCN3CCCCC3)nc12. The normalized spacial score (nSPS) is 16.2. The van der Waals surface area contributed by atoms with E-state index in [-0.39, 0.29) is 5.97 Å². The van der Waals surface area contributed by atoms with Gasteiger partial charge in [-0.3, -0.25) is 0 Å². The molecule has 1 aliphatic heterocycles. The molecular weight excluding hydrogens is 266 g/mol. The molecule has 5 heteroatoms. The molecule has 5 nitrogen and oxygen atoms in total. The Balaban J connectivity index is 1.76. The fraction of sp³-hybridized carbons (Fsp3) is 0.500. The van der Waals surface area contributed by atoms with E-state index in [9.17, 15) is 4.79 Å². The van der Waals surface area contributed by atoms with Crippen LogP contribution >= 0.6 is 0 Å². The van der Waals surface area contributed by atoms with E-state index in [1.54, 1.807) is 6.07 Å². The average Bonchev–Trinajstić information content (AvgIpc) is 2.96. The Hall–Kier alpha value is -1.88. The van der Waals surface area contributed by atoms with Crippen molar-refractivity contribution in [3.63, 3.8) is 0 Å². The van der Waals surface area contributed by atoms with Crippen molar-refractivity contribution in [2.75, 3.05) is 26.7 Å². The summed E-state index contributed by atoms with van der Waals surface area (Å²) in [6, 6.07) is 3.60. The van der Waals surface area contributed by atoms with Gasteiger partial charge in [0, 0.05) is 25.4 Å². The van der Waals surface area contributed by atoms with Gasteiger partial charge >= 0.3 is 5.97 Å². The van der Waals surface area contributed by atoms with Crippen molar-refractivity contribution in [2.24, 2.45) is 0 Å². The van der Waals surface area contributed by atoms with Gasteiger partial charge in [-0.05, 0) is 38.1 Å². The van der Waals surface area contributed by atoms with Crippen molar-refractivity contribution < 1.29 is 9.53 Å². The first-order chi connectivity index (χ1) is 10.3. The lowest BCUT2D eigenvalue weighted by Crippen LogP contribution is -2.31. The van der Waals surface area contributed by atoms with E-state index in [4.69, 9.17) is 4.74 Å². The van der Waals surface area contributed by atoms with E-state index < -0.39 is 0 Å². The molecule has 0 radical (unpaired) electrons. The monoisotopic (exact) mass is 287 g/mol. The fourth-order valence-corrected chi connectivity index (χ4v) is 2.91. The first-order valence-electron chi connectivity index (χ1n) is 7.55. The molecule has 3 rings (SSSR count). The summed E-state index contributed by atoms with van der Waals surface area (Å²) in [5, 5.41) is 0. The van der Waals surface area contributed by atoms with Crippen molar-refractivity contribution in [1.29, 1.82) is 0 Å². The lowest BCUT2D eigenvalue weighted by molar-refractivity contribution is 0.0602. The molecule has 0 spiro atoms. The molecule has 21 heavy (non-hydrogen) atoms. The van der Waals surface area contributed by atoms with Crippen molar-refractivity contribution in [3.05, 3.63) is 35.8 Å². The number of nitrogens with zero attached hydrogens (tertiary/aromatic N) is 3. The van der Waals surface area contributed by atoms with Crippen molar-refractivity contribution >= 4 is 11.6 Å². The van der Waals surface area contributed by atoms with Crippen molar-refractivity contribution in [1.82, 2.24) is 14.3 Å². The molecule has 1 fully saturated rings. The Morgan fingerprint density at radius 1 is 1.33 bits per heavy atom. The van der Waals surface area contributed by atoms with E-state index in [2.05, 4.69) is 9.88 Å². The highest BCUT2D eigenvalue weighted by Gasteiger charge is 2.14. The summed E-state index contributed by atoms with van der Waals surface area (Å²) in [5.41, 5.74) is 2.22. The maximum Gasteiger partial charge on any atom is 0.341 e. The van der Waals surface area contributed by atoms with Crippen LogP contribution in [-0.4, -0.2) is 47.0 Å². The van der Waals surface area contributed by atoms with Crippen LogP contribution in [0.1, 0.15) is 35.3 Å². The number of methoxy groups -OCH3 is 1. The number of aromatic nitrogens is 2. The van der Waals surface area contributed by atoms with Gasteiger partial charge < -0.3 is 14.0 Å². The number of ether oxygens (including phenoxy) is 1. The Labute approximate surface area is 124 Å². The summed E-state index contributed by atoms with van der Waals surface area (Å²) < 4.78 is 6.71. The van der Waals surface area contributed by atoms with Gasteiger partial charge in [-0.25, -0.2) is 9.78 Å². The van der Waals surface area contributed by atoms with E-state index in [1.165, 1.54) is 39.5 Å². The number of carbonyl (C=O) groups is 1. The lowest BCUT2D eigenvalue weighted by atomic mass is 10.1. The topological polar surface area (TPSA) is 46.8 Å². The molecule has 2 aromatic rings. The highest BCUT2D eigenvalue weighted by molar-refractivity contribution is 5.95. The van der Waals surface area contributed by atoms with E-state index in [1.807, 2.05) is 22.9 Å². The van der Waals surface area contributed by atoms with Gasteiger partial charge in [-0.2, -0.15) is 0 Å². The quantitative estimate of drug-likeness (QED) is 0.808. The van der Waals surface area contributed by atoms with Gasteiger partial charge in [0.1, 0.15) is 5.56 Å². The van der Waals surface area contributed by atoms with Crippen LogP contribution in [0.25, 0.3) is 5.65 Å². The van der Waals surface area contributed by atoms with Crippen LogP contribution in [0.5, 0.6) is 0 Å². The molecule has 1 aliphatic rings. The Morgan fingerprint density at radius 2 is 2.14 bits per heavy atom. The number of piperidine rings is 1. The summed E-state index contributed by atoms with van der Waals surface area (Å²) in [7, 11) is 1.39. The molecule has 112 valence electrons. The van der Waals surface area contributed by atoms with Gasteiger partial charge in [0.15, 0.2) is 5.65 Å². The standard InChI is InChI=1S/C16H21N3O2/c1-21-16(20)14-6-5-10-19-12-13(17-15(14)19)7-11-18-8-3-2-4-9-18/h5-6,10,12H,2-4,7-9,11H2,1H3. The summed E-state index contributed by atoms with van der Waals surface area (Å²) in [4.78, 5) is 18.9. The molecule has 0 saturated carbocycles. The minimum Gasteiger partial charge on any atom is -0.465 e. The fourth-order valence-electron chi connectivity index (χ4n) is 2.91. The Morgan fingerprint density at radius 3 is 2.90 bits per heavy atom. The van der Waals surface area contributed by atoms with E-state index in [0.717, 1.165) is 18.7 Å². The first kappa shape index (κ1) is 14.1. The average molecular weight is 287 g/mol. The highest BCUT2D eigenvalue weighted by Crippen LogP contribution is 2.14. The smallest absolute Gasteiger partial charge is 0.341 e. The molecule has 2 aromatic heterocycles. The molecule has 0 aliphatic carbocycles. The number of hydrogen-bond donors (Lipinski definition) is 0. The minimum absolute atomic E-state index is 0.339. The molecule has 0 N–H and O–H groups in total. The zero-order valence-corrected chi connectivity index (χ0v) is 12.4. The number of esters is 1. The summed E-state index contributed by atoms with van der Waals surface area (Å²) >= 11 is 0. The van der Waals surface area contributed by atoms with Crippen LogP contribution in [0.2, 0.25) is 0 Å². The summed E-state index contributed by atoms with van der Waals surface area (Å²) in [6.07, 6.45) is 8.80. The molecule has 0 unspecified atom stereocenters. The van der Waals surface area contributed by atoms with Crippen LogP contribution in [0.4, 0.5) is 0 Å². The zero-order chi connectivity index (χ0) is 14.7. The van der Waals surface area contributed by atoms with Gasteiger partial charge in [-0.15, -0.1) is 0 Å². The van der Waals surface area contributed by atoms with Crippen LogP contribution in [0.3, 0.4) is 0 Å². The largest absolute Gasteiger partial charge is 0.465 e. The van der Waals surface area contributed by atoms with Crippen LogP contribution in [0, 0.1) is 0 Å². The second-order valence-electron chi connectivity index (χ2n) is 5.53. The van der Waals surface area contributed by atoms with Gasteiger partial charge in [0.25, 0.3) is 0 Å². The van der Waals surface area contributed by atoms with Crippen LogP contribution in [0.15, 0.2) is 24.5 Å². The number of hydrogen-bond acceptors (Lipinski definition) is 4. The number of pyridine rings is 1. The van der Waals surface area contributed by atoms with Crippen molar-refractivity contribution in [3.8, 4) is 0 Å². The van der Waals surface area contributed by atoms with E-state index >= 15 is 0 Å². The third kappa shape index (κ3) is 3.08. The number of likely N-dealkylation sites (tertiary alicyclic amines) is 1. The number of rotatable bonds is 4. The molecule has 0 aromatic carbocycles. The number of imidazole rings is 1. The van der Waals surface area contributed by atoms with Gasteiger partial charge in [0.2, 0.25) is 0 Å². The van der Waals surface area contributed by atoms with Gasteiger partial charge in [0.05, 0.1) is 12.8 Å². The van der Waals surface area contributed by atoms with Gasteiger partial charge in [-0.1, -0.05) is 6.42 Å². The third-order valence-corrected chi connectivity index (χ3v) is 4.07. The maximum absolute atomic E-state index is 11.8. The van der Waals surface area contributed by atoms with Crippen LogP contribution in [-0.2, 0) is 11.2 Å². The second kappa shape index (κ2) is 6.26. The maximum atomic E-state index is 11.8. The summed E-state index contributed by atoms with van der Waals surface area (Å²) in [6.45, 7) is 3.43. The van der Waals surface area contributed by atoms with Crippen LogP contribution < -0.4 is 0 Å². The Bertz CT molecular complexity index is 629. The van der Waals surface area contributed by atoms with E-state index in [0.29, 0.717) is 11.2 Å². The van der Waals surface area contributed by atoms with Crippen molar-refractivity contribution in [2.45, 2.75) is 25.7 Å². The predicted molar refractivity (Wildman–Crippen MR) is 80.5 cm³/mol. The summed E-state index contributed by atoms with van der Waals surface area (Å²) in [5.74, 6) is -0.339. The number of carbonyl (C=O) groups excluding carboxylic acids is 1. The second-order valence-corrected chi connectivity index (χ2v) is 5.53. The zero-order valence-electron chi connectivity index (χ0n) is 12.4. The highest BCUT2D eigenvalue weighted by atomic mass is 16.5. The Kier molecular flexibility index (Phi) is 4.20. The minimum atomic E-state index is -0.339. The molecule has 0 atom stereocenters. The molecule has 0 bridgehead atoms. The predicted octanol–water partition coefficient (Wildman–Crippen LogP) is 2.15. The lowest BCUT2D eigenvalue weighted by Gasteiger charge is -2.25.